The maximum atomic E-state index is 12.5. The summed E-state index contributed by atoms with van der Waals surface area (Å²) in [6.07, 6.45) is 3.56. The number of hydrogen-bond acceptors (Lipinski definition) is 7. The molecule has 3 heterocycles. The quantitative estimate of drug-likeness (QED) is 0.763. The summed E-state index contributed by atoms with van der Waals surface area (Å²) < 4.78 is 28.7. The first kappa shape index (κ1) is 20.0. The highest BCUT2D eigenvalue weighted by atomic mass is 32.2. The second-order valence-electron chi connectivity index (χ2n) is 7.88. The van der Waals surface area contributed by atoms with Gasteiger partial charge in [-0.3, -0.25) is 9.69 Å². The Kier molecular flexibility index (Phi) is 5.96. The molecule has 1 aromatic heterocycles. The Morgan fingerprint density at radius 1 is 1.21 bits per heavy atom. The van der Waals surface area contributed by atoms with Gasteiger partial charge < -0.3 is 9.84 Å². The van der Waals surface area contributed by atoms with Crippen molar-refractivity contribution in [3.05, 3.63) is 36.2 Å². The van der Waals surface area contributed by atoms with E-state index in [-0.39, 0.29) is 35.9 Å². The number of likely N-dealkylation sites (tertiary alicyclic amines) is 1. The van der Waals surface area contributed by atoms with Gasteiger partial charge in [0.05, 0.1) is 24.1 Å². The van der Waals surface area contributed by atoms with E-state index in [9.17, 15) is 13.2 Å². The molecule has 1 N–H and O–H groups in total. The molecule has 2 aliphatic heterocycles. The smallest absolute Gasteiger partial charge is 0.244 e. The zero-order valence-corrected chi connectivity index (χ0v) is 17.1. The molecule has 29 heavy (non-hydrogen) atoms. The maximum absolute atomic E-state index is 12.5. The fourth-order valence-corrected chi connectivity index (χ4v) is 5.93. The standard InChI is InChI=1S/C20H26N4O4S/c25-18(21-12-15-9-11-29(26,27)14-15)13-24-10-5-4-8-17(24)20-22-19(23-28-20)16-6-2-1-3-7-16/h1-3,6-7,15,17H,4-5,8-14H2,(H,21,25). The third kappa shape index (κ3) is 5.02. The van der Waals surface area contributed by atoms with Crippen LogP contribution in [0.2, 0.25) is 0 Å². The van der Waals surface area contributed by atoms with E-state index >= 15 is 0 Å². The van der Waals surface area contributed by atoms with Crippen LogP contribution in [0.25, 0.3) is 11.4 Å². The highest BCUT2D eigenvalue weighted by Crippen LogP contribution is 2.30. The van der Waals surface area contributed by atoms with Crippen LogP contribution < -0.4 is 5.32 Å². The molecule has 8 nitrogen and oxygen atoms in total. The predicted octanol–water partition coefficient (Wildman–Crippen LogP) is 1.81. The van der Waals surface area contributed by atoms with Gasteiger partial charge in [-0.15, -0.1) is 0 Å². The molecule has 2 aliphatic rings. The van der Waals surface area contributed by atoms with Crippen molar-refractivity contribution in [2.24, 2.45) is 5.92 Å². The van der Waals surface area contributed by atoms with Gasteiger partial charge in [0, 0.05) is 12.1 Å². The summed E-state index contributed by atoms with van der Waals surface area (Å²) in [4.78, 5) is 19.1. The largest absolute Gasteiger partial charge is 0.355 e. The summed E-state index contributed by atoms with van der Waals surface area (Å²) in [5.74, 6) is 1.41. The van der Waals surface area contributed by atoms with E-state index in [1.54, 1.807) is 0 Å². The lowest BCUT2D eigenvalue weighted by Gasteiger charge is -2.32. The third-order valence-electron chi connectivity index (χ3n) is 5.63. The second kappa shape index (κ2) is 8.62. The predicted molar refractivity (Wildman–Crippen MR) is 108 cm³/mol. The van der Waals surface area contributed by atoms with Crippen molar-refractivity contribution in [2.75, 3.05) is 31.1 Å². The molecule has 2 atom stereocenters. The zero-order chi connectivity index (χ0) is 20.3. The minimum atomic E-state index is -2.93. The number of nitrogens with zero attached hydrogens (tertiary/aromatic N) is 3. The van der Waals surface area contributed by atoms with Gasteiger partial charge in [-0.05, 0) is 31.7 Å². The molecule has 0 saturated carbocycles. The zero-order valence-electron chi connectivity index (χ0n) is 16.3. The first-order chi connectivity index (χ1) is 14.0. The van der Waals surface area contributed by atoms with Crippen molar-refractivity contribution < 1.29 is 17.7 Å². The van der Waals surface area contributed by atoms with Gasteiger partial charge in [0.25, 0.3) is 0 Å². The van der Waals surface area contributed by atoms with E-state index in [1.807, 2.05) is 30.3 Å². The van der Waals surface area contributed by atoms with Gasteiger partial charge in [0.1, 0.15) is 0 Å². The lowest BCUT2D eigenvalue weighted by molar-refractivity contribution is -0.123. The fourth-order valence-electron chi connectivity index (χ4n) is 4.07. The molecule has 4 rings (SSSR count). The molecular formula is C20H26N4O4S. The molecule has 2 fully saturated rings. The summed E-state index contributed by atoms with van der Waals surface area (Å²) in [7, 11) is -2.93. The molecule has 0 bridgehead atoms. The summed E-state index contributed by atoms with van der Waals surface area (Å²) in [5.41, 5.74) is 0.897. The van der Waals surface area contributed by atoms with Gasteiger partial charge in [-0.25, -0.2) is 8.42 Å². The van der Waals surface area contributed by atoms with Gasteiger partial charge in [0.15, 0.2) is 9.84 Å². The lowest BCUT2D eigenvalue weighted by Crippen LogP contribution is -2.43. The van der Waals surface area contributed by atoms with E-state index in [1.165, 1.54) is 0 Å². The SMILES string of the molecule is O=C(CN1CCCCC1c1nc(-c2ccccc2)no1)NCC1CCS(=O)(=O)C1. The van der Waals surface area contributed by atoms with Crippen molar-refractivity contribution in [1.29, 1.82) is 0 Å². The molecule has 0 aliphatic carbocycles. The summed E-state index contributed by atoms with van der Waals surface area (Å²) in [6.45, 7) is 1.45. The van der Waals surface area contributed by atoms with Crippen LogP contribution in [-0.2, 0) is 14.6 Å². The maximum Gasteiger partial charge on any atom is 0.244 e. The van der Waals surface area contributed by atoms with Crippen LogP contribution in [-0.4, -0.2) is 60.5 Å². The number of sulfone groups is 1. The lowest BCUT2D eigenvalue weighted by atomic mass is 10.0. The van der Waals surface area contributed by atoms with Crippen LogP contribution >= 0.6 is 0 Å². The van der Waals surface area contributed by atoms with Crippen molar-refractivity contribution >= 4 is 15.7 Å². The minimum absolute atomic E-state index is 0.0190. The van der Waals surface area contributed by atoms with Crippen LogP contribution in [0.15, 0.2) is 34.9 Å². The topological polar surface area (TPSA) is 105 Å². The van der Waals surface area contributed by atoms with Gasteiger partial charge in [0.2, 0.25) is 17.6 Å². The molecule has 0 spiro atoms. The van der Waals surface area contributed by atoms with E-state index in [0.29, 0.717) is 24.7 Å². The Morgan fingerprint density at radius 2 is 2.03 bits per heavy atom. The molecular weight excluding hydrogens is 392 g/mol. The van der Waals surface area contributed by atoms with E-state index in [0.717, 1.165) is 31.4 Å². The minimum Gasteiger partial charge on any atom is -0.355 e. The van der Waals surface area contributed by atoms with Crippen molar-refractivity contribution in [3.63, 3.8) is 0 Å². The molecule has 156 valence electrons. The number of amides is 1. The summed E-state index contributed by atoms with van der Waals surface area (Å²) in [5, 5.41) is 7.01. The van der Waals surface area contributed by atoms with Crippen molar-refractivity contribution in [1.82, 2.24) is 20.4 Å². The average molecular weight is 419 g/mol. The number of benzene rings is 1. The highest BCUT2D eigenvalue weighted by molar-refractivity contribution is 7.91. The second-order valence-corrected chi connectivity index (χ2v) is 10.1. The number of piperidine rings is 1. The third-order valence-corrected chi connectivity index (χ3v) is 7.47. The Labute approximate surface area is 170 Å². The number of aromatic nitrogens is 2. The first-order valence-corrected chi connectivity index (χ1v) is 11.9. The molecule has 9 heteroatoms. The Hall–Kier alpha value is -2.26. The van der Waals surface area contributed by atoms with Crippen LogP contribution in [0.3, 0.4) is 0 Å². The average Bonchev–Trinajstić information content (AvgIpc) is 3.34. The Balaban J connectivity index is 1.36. The van der Waals surface area contributed by atoms with Crippen LogP contribution in [0.1, 0.15) is 37.6 Å². The van der Waals surface area contributed by atoms with Crippen molar-refractivity contribution in [3.8, 4) is 11.4 Å². The Bertz CT molecular complexity index is 944. The van der Waals surface area contributed by atoms with Crippen molar-refractivity contribution in [2.45, 2.75) is 31.7 Å². The number of carbonyl (C=O) groups excluding carboxylic acids is 1. The molecule has 2 saturated heterocycles. The number of carbonyl (C=O) groups is 1. The molecule has 2 unspecified atom stereocenters. The Morgan fingerprint density at radius 3 is 2.79 bits per heavy atom. The molecule has 2 aromatic rings. The highest BCUT2D eigenvalue weighted by Gasteiger charge is 2.31. The normalized spacial score (nSPS) is 24.4. The molecule has 1 aromatic carbocycles. The first-order valence-electron chi connectivity index (χ1n) is 10.1. The number of hydrogen-bond donors (Lipinski definition) is 1. The van der Waals surface area contributed by atoms with Crippen LogP contribution in [0.4, 0.5) is 0 Å². The summed E-state index contributed by atoms with van der Waals surface area (Å²) in [6, 6.07) is 9.59. The van der Waals surface area contributed by atoms with Gasteiger partial charge >= 0.3 is 0 Å². The van der Waals surface area contributed by atoms with Crippen LogP contribution in [0.5, 0.6) is 0 Å². The fraction of sp³-hybridized carbons (Fsp3) is 0.550. The van der Waals surface area contributed by atoms with Gasteiger partial charge in [-0.1, -0.05) is 41.9 Å². The van der Waals surface area contributed by atoms with E-state index in [4.69, 9.17) is 4.52 Å². The molecule has 1 amide bonds. The molecule has 0 radical (unpaired) electrons. The van der Waals surface area contributed by atoms with Gasteiger partial charge in [-0.2, -0.15) is 4.98 Å². The van der Waals surface area contributed by atoms with E-state index < -0.39 is 9.84 Å². The monoisotopic (exact) mass is 418 g/mol. The number of rotatable bonds is 6. The number of nitrogens with one attached hydrogen (secondary N) is 1. The van der Waals surface area contributed by atoms with Crippen LogP contribution in [0, 0.1) is 5.92 Å². The van der Waals surface area contributed by atoms with E-state index in [2.05, 4.69) is 20.4 Å². The summed E-state index contributed by atoms with van der Waals surface area (Å²) >= 11 is 0.